The zero-order valence-electron chi connectivity index (χ0n) is 16.0. The lowest BCUT2D eigenvalue weighted by molar-refractivity contribution is -0.121. The number of rotatable bonds is 7. The van der Waals surface area contributed by atoms with Crippen LogP contribution in [-0.2, 0) is 14.8 Å². The summed E-state index contributed by atoms with van der Waals surface area (Å²) in [5.41, 5.74) is 4.73. The Bertz CT molecular complexity index is 1030. The van der Waals surface area contributed by atoms with Crippen LogP contribution in [0.25, 0.3) is 0 Å². The van der Waals surface area contributed by atoms with Gasteiger partial charge in [0.25, 0.3) is 0 Å². The topological polar surface area (TPSA) is 89.7 Å². The molecule has 0 saturated carbocycles. The van der Waals surface area contributed by atoms with E-state index >= 15 is 0 Å². The second-order valence-corrected chi connectivity index (χ2v) is 10.5. The lowest BCUT2D eigenvalue weighted by atomic mass is 9.78. The highest BCUT2D eigenvalue weighted by Crippen LogP contribution is 2.38. The maximum absolute atomic E-state index is 13.3. The van der Waals surface area contributed by atoms with Crippen molar-refractivity contribution < 1.29 is 17.9 Å². The second kappa shape index (κ2) is 9.32. The number of carbonyl (C=O) groups excluding carboxylic acids is 1. The minimum atomic E-state index is -3.92. The van der Waals surface area contributed by atoms with Crippen LogP contribution in [0.1, 0.15) is 19.3 Å². The summed E-state index contributed by atoms with van der Waals surface area (Å²) in [5, 5.41) is 0.703. The molecule has 1 aliphatic heterocycles. The smallest absolute Gasteiger partial charge is 0.244 e. The standard InChI is InChI=1S/C20H21Cl3N2O4S/c21-14-5-7-15(8-6-14)29-13-20(11-18(24)26)9-2-10-25(12-20)30(27,28)17-4-1-3-16(22)19(17)23/h1,3-8H,2,9-13H2,(H2,24,26). The molecule has 3 rings (SSSR count). The molecule has 0 aromatic heterocycles. The van der Waals surface area contributed by atoms with Gasteiger partial charge < -0.3 is 10.5 Å². The average Bonchev–Trinajstić information content (AvgIpc) is 2.69. The van der Waals surface area contributed by atoms with Crippen molar-refractivity contribution in [3.05, 3.63) is 57.5 Å². The number of nitrogens with zero attached hydrogens (tertiary/aromatic N) is 1. The Kier molecular flexibility index (Phi) is 7.20. The summed E-state index contributed by atoms with van der Waals surface area (Å²) >= 11 is 18.1. The van der Waals surface area contributed by atoms with Crippen LogP contribution in [0.2, 0.25) is 15.1 Å². The van der Waals surface area contributed by atoms with Gasteiger partial charge in [-0.1, -0.05) is 40.9 Å². The Labute approximate surface area is 190 Å². The van der Waals surface area contributed by atoms with Crippen LogP contribution in [0.3, 0.4) is 0 Å². The second-order valence-electron chi connectivity index (χ2n) is 7.38. The number of carbonyl (C=O) groups is 1. The maximum Gasteiger partial charge on any atom is 0.244 e. The van der Waals surface area contributed by atoms with Crippen LogP contribution in [0, 0.1) is 5.41 Å². The lowest BCUT2D eigenvalue weighted by Gasteiger charge is -2.41. The normalized spacial score (nSPS) is 20.1. The molecule has 1 atom stereocenters. The van der Waals surface area contributed by atoms with E-state index in [9.17, 15) is 13.2 Å². The van der Waals surface area contributed by atoms with E-state index in [1.165, 1.54) is 22.5 Å². The summed E-state index contributed by atoms with van der Waals surface area (Å²) in [6.07, 6.45) is 1.14. The van der Waals surface area contributed by atoms with E-state index in [1.54, 1.807) is 24.3 Å². The molecule has 0 aliphatic carbocycles. The Morgan fingerprint density at radius 1 is 1.13 bits per heavy atom. The number of ether oxygens (including phenoxy) is 1. The molecule has 30 heavy (non-hydrogen) atoms. The van der Waals surface area contributed by atoms with E-state index in [0.717, 1.165) is 0 Å². The van der Waals surface area contributed by atoms with Crippen LogP contribution >= 0.6 is 34.8 Å². The summed E-state index contributed by atoms with van der Waals surface area (Å²) in [6, 6.07) is 11.3. The molecule has 0 bridgehead atoms. The minimum Gasteiger partial charge on any atom is -0.493 e. The molecule has 10 heteroatoms. The van der Waals surface area contributed by atoms with Crippen LogP contribution < -0.4 is 10.5 Å². The Balaban J connectivity index is 1.86. The minimum absolute atomic E-state index is 0.00408. The number of benzene rings is 2. The number of amides is 1. The monoisotopic (exact) mass is 490 g/mol. The quantitative estimate of drug-likeness (QED) is 0.623. The molecule has 1 unspecified atom stereocenters. The molecule has 1 aliphatic rings. The fraction of sp³-hybridized carbons (Fsp3) is 0.350. The van der Waals surface area contributed by atoms with Crippen molar-refractivity contribution in [3.8, 4) is 5.75 Å². The van der Waals surface area contributed by atoms with Crippen LogP contribution in [0.5, 0.6) is 5.75 Å². The van der Waals surface area contributed by atoms with Gasteiger partial charge in [-0.05, 0) is 49.2 Å². The van der Waals surface area contributed by atoms with E-state index in [-0.39, 0.29) is 34.5 Å². The Hall–Kier alpha value is -1.51. The van der Waals surface area contributed by atoms with Gasteiger partial charge in [-0.15, -0.1) is 0 Å². The largest absolute Gasteiger partial charge is 0.493 e. The molecule has 6 nitrogen and oxygen atoms in total. The molecule has 1 fully saturated rings. The van der Waals surface area contributed by atoms with Crippen molar-refractivity contribution >= 4 is 50.7 Å². The highest BCUT2D eigenvalue weighted by Gasteiger charge is 2.42. The molecule has 1 heterocycles. The third kappa shape index (κ3) is 5.21. The third-order valence-electron chi connectivity index (χ3n) is 5.07. The van der Waals surface area contributed by atoms with Gasteiger partial charge in [-0.25, -0.2) is 8.42 Å². The van der Waals surface area contributed by atoms with Crippen LogP contribution in [-0.4, -0.2) is 38.3 Å². The van der Waals surface area contributed by atoms with Gasteiger partial charge >= 0.3 is 0 Å². The van der Waals surface area contributed by atoms with Crippen molar-refractivity contribution in [2.45, 2.75) is 24.2 Å². The number of nitrogens with two attached hydrogens (primary N) is 1. The first-order valence-electron chi connectivity index (χ1n) is 9.24. The SMILES string of the molecule is NC(=O)CC1(COc2ccc(Cl)cc2)CCCN(S(=O)(=O)c2cccc(Cl)c2Cl)C1. The van der Waals surface area contributed by atoms with E-state index < -0.39 is 21.3 Å². The number of sulfonamides is 1. The molecule has 2 aromatic carbocycles. The maximum atomic E-state index is 13.3. The fourth-order valence-corrected chi connectivity index (χ4v) is 6.09. The molecule has 2 aromatic rings. The van der Waals surface area contributed by atoms with E-state index in [2.05, 4.69) is 0 Å². The zero-order valence-corrected chi connectivity index (χ0v) is 19.1. The first kappa shape index (κ1) is 23.2. The summed E-state index contributed by atoms with van der Waals surface area (Å²) in [5.74, 6) is 0.0517. The predicted molar refractivity (Wildman–Crippen MR) is 118 cm³/mol. The molecule has 0 spiro atoms. The average molecular weight is 492 g/mol. The van der Waals surface area contributed by atoms with Gasteiger partial charge in [0.1, 0.15) is 10.6 Å². The molecule has 1 saturated heterocycles. The molecular weight excluding hydrogens is 471 g/mol. The number of hydrogen-bond acceptors (Lipinski definition) is 4. The summed E-state index contributed by atoms with van der Waals surface area (Å²) in [6.45, 7) is 0.508. The number of primary amides is 1. The Morgan fingerprint density at radius 2 is 1.83 bits per heavy atom. The first-order valence-corrected chi connectivity index (χ1v) is 11.8. The predicted octanol–water partition coefficient (Wildman–Crippen LogP) is 4.37. The Morgan fingerprint density at radius 3 is 2.50 bits per heavy atom. The van der Waals surface area contributed by atoms with Gasteiger partial charge in [0, 0.05) is 29.9 Å². The highest BCUT2D eigenvalue weighted by atomic mass is 35.5. The molecule has 162 valence electrons. The fourth-order valence-electron chi connectivity index (χ4n) is 3.64. The van der Waals surface area contributed by atoms with Crippen molar-refractivity contribution in [2.24, 2.45) is 11.1 Å². The highest BCUT2D eigenvalue weighted by molar-refractivity contribution is 7.89. The molecule has 2 N–H and O–H groups in total. The van der Waals surface area contributed by atoms with Gasteiger partial charge in [-0.3, -0.25) is 4.79 Å². The lowest BCUT2D eigenvalue weighted by Crippen LogP contribution is -2.50. The van der Waals surface area contributed by atoms with Crippen molar-refractivity contribution in [1.29, 1.82) is 0 Å². The van der Waals surface area contributed by atoms with Gasteiger partial charge in [0.05, 0.1) is 16.7 Å². The van der Waals surface area contributed by atoms with Gasteiger partial charge in [-0.2, -0.15) is 4.31 Å². The van der Waals surface area contributed by atoms with E-state index in [4.69, 9.17) is 45.3 Å². The van der Waals surface area contributed by atoms with E-state index in [1.807, 2.05) is 0 Å². The van der Waals surface area contributed by atoms with Gasteiger partial charge in [0.15, 0.2) is 0 Å². The number of hydrogen-bond donors (Lipinski definition) is 1. The van der Waals surface area contributed by atoms with Crippen molar-refractivity contribution in [2.75, 3.05) is 19.7 Å². The zero-order chi connectivity index (χ0) is 21.9. The summed E-state index contributed by atoms with van der Waals surface area (Å²) in [7, 11) is -3.92. The van der Waals surface area contributed by atoms with Crippen LogP contribution in [0.4, 0.5) is 0 Å². The third-order valence-corrected chi connectivity index (χ3v) is 8.14. The van der Waals surface area contributed by atoms with E-state index in [0.29, 0.717) is 30.2 Å². The number of piperidine rings is 1. The summed E-state index contributed by atoms with van der Waals surface area (Å²) < 4.78 is 33.7. The first-order chi connectivity index (χ1) is 14.1. The van der Waals surface area contributed by atoms with Gasteiger partial charge in [0.2, 0.25) is 15.9 Å². The van der Waals surface area contributed by atoms with Crippen molar-refractivity contribution in [1.82, 2.24) is 4.31 Å². The summed E-state index contributed by atoms with van der Waals surface area (Å²) in [4.78, 5) is 11.7. The van der Waals surface area contributed by atoms with Crippen molar-refractivity contribution in [3.63, 3.8) is 0 Å². The number of halogens is 3. The van der Waals surface area contributed by atoms with Crippen LogP contribution in [0.15, 0.2) is 47.4 Å². The molecule has 0 radical (unpaired) electrons. The molecule has 1 amide bonds. The molecular formula is C20H21Cl3N2O4S.